The summed E-state index contributed by atoms with van der Waals surface area (Å²) in [7, 11) is 0. The average Bonchev–Trinajstić information content (AvgIpc) is 3.11. The number of hydrogen-bond acceptors (Lipinski definition) is 4. The van der Waals surface area contributed by atoms with Crippen molar-refractivity contribution in [3.05, 3.63) is 65.7 Å². The predicted molar refractivity (Wildman–Crippen MR) is 121 cm³/mol. The molecule has 162 valence electrons. The molecule has 0 radical (unpaired) electrons. The first kappa shape index (κ1) is 20.1. The van der Waals surface area contributed by atoms with Gasteiger partial charge in [0.25, 0.3) is 0 Å². The summed E-state index contributed by atoms with van der Waals surface area (Å²) >= 11 is 0. The Morgan fingerprint density at radius 3 is 2.52 bits per heavy atom. The van der Waals surface area contributed by atoms with Gasteiger partial charge in [-0.15, -0.1) is 0 Å². The number of amides is 2. The Morgan fingerprint density at radius 1 is 1.03 bits per heavy atom. The van der Waals surface area contributed by atoms with Gasteiger partial charge in [0.15, 0.2) is 0 Å². The molecule has 6 nitrogen and oxygen atoms in total. The third-order valence-corrected chi connectivity index (χ3v) is 7.17. The zero-order valence-electron chi connectivity index (χ0n) is 17.8. The molecule has 2 aromatic rings. The summed E-state index contributed by atoms with van der Waals surface area (Å²) in [6.45, 7) is 2.45. The third kappa shape index (κ3) is 3.92. The van der Waals surface area contributed by atoms with Gasteiger partial charge < -0.3 is 15.5 Å². The minimum absolute atomic E-state index is 0.0936. The summed E-state index contributed by atoms with van der Waals surface area (Å²) in [5, 5.41) is 6.28. The highest BCUT2D eigenvalue weighted by Gasteiger charge is 2.50. The first-order chi connectivity index (χ1) is 15.1. The Bertz CT molecular complexity index is 953. The van der Waals surface area contributed by atoms with E-state index in [1.807, 2.05) is 18.2 Å². The summed E-state index contributed by atoms with van der Waals surface area (Å²) in [5.41, 5.74) is 3.34. The molecule has 2 aliphatic heterocycles. The molecule has 2 fully saturated rings. The van der Waals surface area contributed by atoms with Crippen molar-refractivity contribution in [2.24, 2.45) is 0 Å². The molecule has 1 aliphatic carbocycles. The number of aryl methyl sites for hydroxylation is 1. The molecule has 2 amide bonds. The van der Waals surface area contributed by atoms with Crippen LogP contribution < -0.4 is 15.5 Å². The lowest BCUT2D eigenvalue weighted by atomic mass is 9.85. The molecule has 0 bridgehead atoms. The maximum absolute atomic E-state index is 12.8. The minimum atomic E-state index is -0.499. The van der Waals surface area contributed by atoms with Crippen LogP contribution in [0.25, 0.3) is 0 Å². The Kier molecular flexibility index (Phi) is 5.40. The number of piperidine rings is 1. The van der Waals surface area contributed by atoms with E-state index in [9.17, 15) is 9.59 Å². The smallest absolute Gasteiger partial charge is 0.247 e. The molecule has 1 unspecified atom stereocenters. The van der Waals surface area contributed by atoms with Crippen LogP contribution in [0.2, 0.25) is 0 Å². The molecule has 0 aromatic heterocycles. The highest BCUT2D eigenvalue weighted by atomic mass is 16.2. The van der Waals surface area contributed by atoms with Gasteiger partial charge in [0, 0.05) is 24.8 Å². The van der Waals surface area contributed by atoms with Crippen LogP contribution in [0.5, 0.6) is 0 Å². The standard InChI is InChI=1S/C25H30N4O2/c30-23(27-21-11-10-19-6-4-5-7-20(19)16-21)17-28-14-12-25(13-15-28)24(31)26-18-29(25)22-8-2-1-3-9-22/h1-9,21H,10-18H2,(H,26,31)(H,27,30). The number of carbonyl (C=O) groups excluding carboxylic acids is 2. The van der Waals surface area contributed by atoms with E-state index in [2.05, 4.69) is 56.8 Å². The summed E-state index contributed by atoms with van der Waals surface area (Å²) in [4.78, 5) is 29.9. The number of hydrogen-bond donors (Lipinski definition) is 2. The van der Waals surface area contributed by atoms with Gasteiger partial charge in [-0.3, -0.25) is 14.5 Å². The van der Waals surface area contributed by atoms with Crippen molar-refractivity contribution < 1.29 is 9.59 Å². The molecular weight excluding hydrogens is 388 g/mol. The number of benzene rings is 2. The fourth-order valence-corrected chi connectivity index (χ4v) is 5.41. The summed E-state index contributed by atoms with van der Waals surface area (Å²) in [5.74, 6) is 0.206. The predicted octanol–water partition coefficient (Wildman–Crippen LogP) is 2.09. The van der Waals surface area contributed by atoms with E-state index < -0.39 is 5.54 Å². The van der Waals surface area contributed by atoms with Gasteiger partial charge in [0.05, 0.1) is 13.2 Å². The van der Waals surface area contributed by atoms with E-state index >= 15 is 0 Å². The van der Waals surface area contributed by atoms with Crippen LogP contribution in [-0.4, -0.2) is 54.6 Å². The van der Waals surface area contributed by atoms with E-state index in [0.29, 0.717) is 13.2 Å². The molecule has 5 rings (SSSR count). The first-order valence-corrected chi connectivity index (χ1v) is 11.3. The van der Waals surface area contributed by atoms with Crippen LogP contribution >= 0.6 is 0 Å². The largest absolute Gasteiger partial charge is 0.352 e. The number of nitrogens with zero attached hydrogens (tertiary/aromatic N) is 2. The molecule has 2 aromatic carbocycles. The van der Waals surface area contributed by atoms with Crippen LogP contribution in [0.3, 0.4) is 0 Å². The number of anilines is 1. The monoisotopic (exact) mass is 418 g/mol. The fourth-order valence-electron chi connectivity index (χ4n) is 5.41. The van der Waals surface area contributed by atoms with Crippen molar-refractivity contribution in [2.75, 3.05) is 31.2 Å². The van der Waals surface area contributed by atoms with Crippen molar-refractivity contribution in [1.29, 1.82) is 0 Å². The van der Waals surface area contributed by atoms with E-state index in [1.54, 1.807) is 0 Å². The van der Waals surface area contributed by atoms with E-state index in [-0.39, 0.29) is 17.9 Å². The lowest BCUT2D eigenvalue weighted by molar-refractivity contribution is -0.126. The zero-order chi connectivity index (χ0) is 21.3. The molecule has 1 atom stereocenters. The maximum atomic E-state index is 12.8. The topological polar surface area (TPSA) is 64.7 Å². The van der Waals surface area contributed by atoms with Crippen molar-refractivity contribution in [1.82, 2.24) is 15.5 Å². The number of nitrogens with one attached hydrogen (secondary N) is 2. The first-order valence-electron chi connectivity index (χ1n) is 11.3. The van der Waals surface area contributed by atoms with Crippen molar-refractivity contribution >= 4 is 17.5 Å². The van der Waals surface area contributed by atoms with Crippen LogP contribution in [0.4, 0.5) is 5.69 Å². The van der Waals surface area contributed by atoms with Crippen LogP contribution in [0, 0.1) is 0 Å². The highest BCUT2D eigenvalue weighted by molar-refractivity contribution is 5.93. The van der Waals surface area contributed by atoms with Crippen LogP contribution in [0.1, 0.15) is 30.4 Å². The number of para-hydroxylation sites is 1. The minimum Gasteiger partial charge on any atom is -0.352 e. The summed E-state index contributed by atoms with van der Waals surface area (Å²) in [6, 6.07) is 18.9. The maximum Gasteiger partial charge on any atom is 0.247 e. The molecule has 1 spiro atoms. The number of rotatable bonds is 4. The molecule has 6 heteroatoms. The number of carbonyl (C=O) groups is 2. The molecule has 31 heavy (non-hydrogen) atoms. The van der Waals surface area contributed by atoms with Crippen molar-refractivity contribution in [2.45, 2.75) is 43.7 Å². The fraction of sp³-hybridized carbons (Fsp3) is 0.440. The molecule has 2 saturated heterocycles. The Hall–Kier alpha value is -2.86. The summed E-state index contributed by atoms with van der Waals surface area (Å²) < 4.78 is 0. The van der Waals surface area contributed by atoms with Gasteiger partial charge in [-0.05, 0) is 55.4 Å². The molecule has 0 saturated carbocycles. The third-order valence-electron chi connectivity index (χ3n) is 7.17. The van der Waals surface area contributed by atoms with Gasteiger partial charge >= 0.3 is 0 Å². The van der Waals surface area contributed by atoms with Crippen LogP contribution in [0.15, 0.2) is 54.6 Å². The SMILES string of the molecule is O=C(CN1CCC2(CC1)C(=O)NCN2c1ccccc1)NC1CCc2ccccc2C1. The lowest BCUT2D eigenvalue weighted by Crippen LogP contribution is -2.57. The van der Waals surface area contributed by atoms with Crippen molar-refractivity contribution in [3.63, 3.8) is 0 Å². The molecule has 2 heterocycles. The van der Waals surface area contributed by atoms with Crippen LogP contribution in [-0.2, 0) is 22.4 Å². The zero-order valence-corrected chi connectivity index (χ0v) is 17.8. The quantitative estimate of drug-likeness (QED) is 0.798. The molecule has 2 N–H and O–H groups in total. The summed E-state index contributed by atoms with van der Waals surface area (Å²) in [6.07, 6.45) is 4.41. The Labute approximate surface area is 183 Å². The van der Waals surface area contributed by atoms with E-state index in [0.717, 1.165) is 50.9 Å². The highest BCUT2D eigenvalue weighted by Crippen LogP contribution is 2.36. The van der Waals surface area contributed by atoms with Gasteiger partial charge in [-0.25, -0.2) is 0 Å². The molecule has 3 aliphatic rings. The van der Waals surface area contributed by atoms with Gasteiger partial charge in [-0.2, -0.15) is 0 Å². The van der Waals surface area contributed by atoms with Gasteiger partial charge in [0.1, 0.15) is 5.54 Å². The molecular formula is C25H30N4O2. The second-order valence-corrected chi connectivity index (χ2v) is 9.01. The Morgan fingerprint density at radius 2 is 1.74 bits per heavy atom. The normalized spacial score (nSPS) is 22.8. The second-order valence-electron chi connectivity index (χ2n) is 9.01. The number of likely N-dealkylation sites (tertiary alicyclic amines) is 1. The lowest BCUT2D eigenvalue weighted by Gasteiger charge is -2.43. The number of fused-ring (bicyclic) bond motifs is 1. The second kappa shape index (κ2) is 8.35. The Balaban J connectivity index is 1.16. The van der Waals surface area contributed by atoms with Crippen molar-refractivity contribution in [3.8, 4) is 0 Å². The van der Waals surface area contributed by atoms with E-state index in [4.69, 9.17) is 0 Å². The average molecular weight is 419 g/mol. The van der Waals surface area contributed by atoms with Gasteiger partial charge in [0.2, 0.25) is 11.8 Å². The van der Waals surface area contributed by atoms with E-state index in [1.165, 1.54) is 11.1 Å². The van der Waals surface area contributed by atoms with Gasteiger partial charge in [-0.1, -0.05) is 42.5 Å².